The molecule has 0 amide bonds. The largest absolute Gasteiger partial charge is 0.479 e. The number of likely N-dealkylation sites (tertiary alicyclic amines) is 1. The van der Waals surface area contributed by atoms with Gasteiger partial charge in [0.2, 0.25) is 0 Å². The first kappa shape index (κ1) is 20.9. The molecule has 1 fully saturated rings. The molecule has 0 saturated carbocycles. The molecule has 4 aliphatic rings. The first-order valence-electron chi connectivity index (χ1n) is 12.1. The van der Waals surface area contributed by atoms with Gasteiger partial charge in [-0.05, 0) is 55.8 Å². The molecule has 0 unspecified atom stereocenters. The molecule has 2 aliphatic heterocycles. The summed E-state index contributed by atoms with van der Waals surface area (Å²) in [4.78, 5) is 32.1. The lowest BCUT2D eigenvalue weighted by Crippen LogP contribution is -2.75. The van der Waals surface area contributed by atoms with Crippen LogP contribution in [0.25, 0.3) is 10.9 Å². The number of piperidine rings is 1. The molecule has 178 valence electrons. The first-order valence-corrected chi connectivity index (χ1v) is 12.1. The van der Waals surface area contributed by atoms with Crippen molar-refractivity contribution in [2.75, 3.05) is 13.6 Å². The number of fused-ring (bicyclic) bond motifs is 3. The zero-order chi connectivity index (χ0) is 24.1. The fraction of sp³-hybridized carbons (Fsp3) is 0.393. The van der Waals surface area contributed by atoms with Crippen LogP contribution in [-0.2, 0) is 32.6 Å². The number of carbonyl (C=O) groups excluding carboxylic acids is 2. The Morgan fingerprint density at radius 3 is 2.74 bits per heavy atom. The SMILES string of the molecule is CC(=O)Oc1ccc2c3c1O[C@H]1c4nc5ccccc5cc4C[C@@]4(OC(C)=O)[C@@H](C2)N(C)CC[C@]314. The highest BCUT2D eigenvalue weighted by Crippen LogP contribution is 2.69. The summed E-state index contributed by atoms with van der Waals surface area (Å²) in [5.41, 5.74) is 3.57. The quantitative estimate of drug-likeness (QED) is 0.418. The maximum Gasteiger partial charge on any atom is 0.308 e. The lowest BCUT2D eigenvalue weighted by molar-refractivity contribution is -0.205. The van der Waals surface area contributed by atoms with Crippen molar-refractivity contribution in [3.63, 3.8) is 0 Å². The van der Waals surface area contributed by atoms with E-state index in [9.17, 15) is 9.59 Å². The second-order valence-corrected chi connectivity index (χ2v) is 10.3. The van der Waals surface area contributed by atoms with Crippen molar-refractivity contribution in [3.8, 4) is 11.5 Å². The summed E-state index contributed by atoms with van der Waals surface area (Å²) in [6.07, 6.45) is 1.58. The summed E-state index contributed by atoms with van der Waals surface area (Å²) in [6.45, 7) is 3.73. The van der Waals surface area contributed by atoms with Crippen molar-refractivity contribution in [1.29, 1.82) is 0 Å². The fourth-order valence-electron chi connectivity index (χ4n) is 7.40. The predicted octanol–water partition coefficient (Wildman–Crippen LogP) is 3.65. The monoisotopic (exact) mass is 470 g/mol. The summed E-state index contributed by atoms with van der Waals surface area (Å²) >= 11 is 0. The Balaban J connectivity index is 1.57. The summed E-state index contributed by atoms with van der Waals surface area (Å²) < 4.78 is 18.8. The molecule has 2 bridgehead atoms. The number of aromatic nitrogens is 1. The van der Waals surface area contributed by atoms with Gasteiger partial charge in [0.25, 0.3) is 0 Å². The van der Waals surface area contributed by atoms with Gasteiger partial charge in [0.15, 0.2) is 17.6 Å². The van der Waals surface area contributed by atoms with Crippen LogP contribution in [-0.4, -0.2) is 47.1 Å². The number of ether oxygens (including phenoxy) is 3. The van der Waals surface area contributed by atoms with Crippen molar-refractivity contribution < 1.29 is 23.8 Å². The van der Waals surface area contributed by atoms with E-state index in [-0.39, 0.29) is 12.0 Å². The van der Waals surface area contributed by atoms with E-state index in [1.54, 1.807) is 0 Å². The fourth-order valence-corrected chi connectivity index (χ4v) is 7.40. The smallest absolute Gasteiger partial charge is 0.308 e. The van der Waals surface area contributed by atoms with E-state index in [0.29, 0.717) is 17.9 Å². The molecule has 1 aromatic heterocycles. The van der Waals surface area contributed by atoms with Crippen molar-refractivity contribution in [2.45, 2.75) is 56.3 Å². The van der Waals surface area contributed by atoms with Gasteiger partial charge in [-0.3, -0.25) is 14.5 Å². The van der Waals surface area contributed by atoms with E-state index < -0.39 is 23.1 Å². The number of rotatable bonds is 2. The number of hydrogen-bond donors (Lipinski definition) is 0. The molecule has 0 radical (unpaired) electrons. The molecular formula is C28H26N2O5. The van der Waals surface area contributed by atoms with Crippen LogP contribution in [0.5, 0.6) is 11.5 Å². The van der Waals surface area contributed by atoms with Gasteiger partial charge in [-0.2, -0.15) is 0 Å². The molecule has 35 heavy (non-hydrogen) atoms. The number of esters is 2. The molecule has 2 aliphatic carbocycles. The van der Waals surface area contributed by atoms with Crippen LogP contribution < -0.4 is 9.47 Å². The van der Waals surface area contributed by atoms with Gasteiger partial charge >= 0.3 is 11.9 Å². The molecule has 2 aromatic carbocycles. The number of carbonyl (C=O) groups is 2. The standard InChI is InChI=1S/C28H26N2O5/c1-15(31)33-21-9-8-18-13-22-28(35-16(2)32)14-19-12-17-6-4-5-7-20(17)29-24(19)26-27(28,10-11-30(22)3)23(18)25(21)34-26/h4-9,12,22,26H,10-11,13-14H2,1-3H3/t22-,26+,27+,28-/m1/s1. The first-order chi connectivity index (χ1) is 16.8. The van der Waals surface area contributed by atoms with Crippen LogP contribution in [0.4, 0.5) is 0 Å². The highest BCUT2D eigenvalue weighted by molar-refractivity contribution is 5.81. The van der Waals surface area contributed by atoms with Gasteiger partial charge < -0.3 is 14.2 Å². The minimum absolute atomic E-state index is 0.0103. The Morgan fingerprint density at radius 2 is 1.94 bits per heavy atom. The third kappa shape index (κ3) is 2.51. The molecule has 7 heteroatoms. The van der Waals surface area contributed by atoms with E-state index in [1.807, 2.05) is 30.3 Å². The molecule has 7 nitrogen and oxygen atoms in total. The normalized spacial score (nSPS) is 29.7. The number of pyridine rings is 1. The van der Waals surface area contributed by atoms with Gasteiger partial charge in [-0.15, -0.1) is 0 Å². The summed E-state index contributed by atoms with van der Waals surface area (Å²) in [7, 11) is 2.11. The van der Waals surface area contributed by atoms with E-state index in [4.69, 9.17) is 19.2 Å². The minimum atomic E-state index is -0.819. The molecule has 7 rings (SSSR count). The molecule has 3 heterocycles. The maximum absolute atomic E-state index is 12.7. The average molecular weight is 471 g/mol. The van der Waals surface area contributed by atoms with Gasteiger partial charge in [0.05, 0.1) is 22.7 Å². The Kier molecular flexibility index (Phi) is 4.07. The van der Waals surface area contributed by atoms with Crippen molar-refractivity contribution in [1.82, 2.24) is 9.88 Å². The van der Waals surface area contributed by atoms with E-state index in [0.717, 1.165) is 52.7 Å². The van der Waals surface area contributed by atoms with Crippen molar-refractivity contribution in [3.05, 3.63) is 64.8 Å². The molecule has 1 saturated heterocycles. The second kappa shape index (κ2) is 6.82. The average Bonchev–Trinajstić information content (AvgIpc) is 3.16. The topological polar surface area (TPSA) is 78.0 Å². The van der Waals surface area contributed by atoms with Crippen molar-refractivity contribution in [2.24, 2.45) is 0 Å². The van der Waals surface area contributed by atoms with Gasteiger partial charge in [0, 0.05) is 31.2 Å². The number of hydrogen-bond acceptors (Lipinski definition) is 7. The minimum Gasteiger partial charge on any atom is -0.479 e. The molecule has 0 N–H and O–H groups in total. The van der Waals surface area contributed by atoms with Crippen LogP contribution in [0.2, 0.25) is 0 Å². The zero-order valence-electron chi connectivity index (χ0n) is 20.0. The van der Waals surface area contributed by atoms with E-state index in [1.165, 1.54) is 13.8 Å². The Bertz CT molecular complexity index is 1450. The molecule has 4 atom stereocenters. The lowest BCUT2D eigenvalue weighted by Gasteiger charge is -2.63. The van der Waals surface area contributed by atoms with Crippen LogP contribution in [0.3, 0.4) is 0 Å². The number of nitrogens with zero attached hydrogens (tertiary/aromatic N) is 2. The summed E-state index contributed by atoms with van der Waals surface area (Å²) in [5.74, 6) is 0.306. The highest BCUT2D eigenvalue weighted by atomic mass is 16.6. The second-order valence-electron chi connectivity index (χ2n) is 10.3. The molecule has 1 spiro atoms. The Hall–Kier alpha value is -3.45. The summed E-state index contributed by atoms with van der Waals surface area (Å²) in [5, 5.41) is 1.05. The van der Waals surface area contributed by atoms with E-state index >= 15 is 0 Å². The maximum atomic E-state index is 12.7. The summed E-state index contributed by atoms with van der Waals surface area (Å²) in [6, 6.07) is 14.1. The van der Waals surface area contributed by atoms with Gasteiger partial charge in [-0.25, -0.2) is 4.98 Å². The molecular weight excluding hydrogens is 444 g/mol. The number of benzene rings is 2. The predicted molar refractivity (Wildman–Crippen MR) is 127 cm³/mol. The Labute approximate surface area is 203 Å². The molecule has 3 aromatic rings. The van der Waals surface area contributed by atoms with Crippen molar-refractivity contribution >= 4 is 22.8 Å². The third-order valence-electron chi connectivity index (χ3n) is 8.55. The third-order valence-corrected chi connectivity index (χ3v) is 8.55. The Morgan fingerprint density at radius 1 is 1.11 bits per heavy atom. The highest BCUT2D eigenvalue weighted by Gasteiger charge is 2.74. The van der Waals surface area contributed by atoms with Crippen LogP contribution in [0.1, 0.15) is 48.8 Å². The number of likely N-dealkylation sites (N-methyl/N-ethyl adjacent to an activating group) is 1. The zero-order valence-corrected chi connectivity index (χ0v) is 20.0. The number of para-hydroxylation sites is 1. The van der Waals surface area contributed by atoms with Crippen LogP contribution in [0, 0.1) is 0 Å². The van der Waals surface area contributed by atoms with Crippen LogP contribution >= 0.6 is 0 Å². The lowest BCUT2D eigenvalue weighted by atomic mass is 9.48. The van der Waals surface area contributed by atoms with Gasteiger partial charge in [-0.1, -0.05) is 24.3 Å². The van der Waals surface area contributed by atoms with E-state index in [2.05, 4.69) is 24.1 Å². The van der Waals surface area contributed by atoms with Crippen LogP contribution in [0.15, 0.2) is 42.5 Å². The van der Waals surface area contributed by atoms with Gasteiger partial charge in [0.1, 0.15) is 5.60 Å².